The van der Waals surface area contributed by atoms with Gasteiger partial charge in [0.2, 0.25) is 0 Å². The molecule has 5 nitrogen and oxygen atoms in total. The van der Waals surface area contributed by atoms with E-state index in [0.717, 1.165) is 11.5 Å². The van der Waals surface area contributed by atoms with Crippen LogP contribution in [0.15, 0.2) is 36.5 Å². The average molecular weight is 323 g/mol. The van der Waals surface area contributed by atoms with E-state index in [4.69, 9.17) is 23.2 Å². The second-order valence-electron chi connectivity index (χ2n) is 4.62. The van der Waals surface area contributed by atoms with Crippen LogP contribution in [0.2, 0.25) is 10.0 Å². The van der Waals surface area contributed by atoms with Crippen LogP contribution in [0.4, 0.5) is 0 Å². The van der Waals surface area contributed by atoms with Gasteiger partial charge in [-0.05, 0) is 24.3 Å². The molecule has 0 unspecified atom stereocenters. The molecule has 0 bridgehead atoms. The van der Waals surface area contributed by atoms with E-state index in [1.165, 1.54) is 6.07 Å². The highest BCUT2D eigenvalue weighted by molar-refractivity contribution is 6.35. The van der Waals surface area contributed by atoms with Gasteiger partial charge in [0.05, 0.1) is 0 Å². The van der Waals surface area contributed by atoms with Crippen LogP contribution < -0.4 is 10.4 Å². The quantitative estimate of drug-likeness (QED) is 0.788. The summed E-state index contributed by atoms with van der Waals surface area (Å²) in [7, 11) is 0. The van der Waals surface area contributed by atoms with Gasteiger partial charge in [-0.1, -0.05) is 35.0 Å². The minimum Gasteiger partial charge on any atom is -0.871 e. The summed E-state index contributed by atoms with van der Waals surface area (Å²) in [6.45, 7) is 1.09. The molecule has 7 heteroatoms. The van der Waals surface area contributed by atoms with Crippen molar-refractivity contribution in [3.05, 3.63) is 58.0 Å². The fourth-order valence-electron chi connectivity index (χ4n) is 2.15. The lowest BCUT2D eigenvalue weighted by Gasteiger charge is -2.14. The fourth-order valence-corrected chi connectivity index (χ4v) is 2.69. The largest absolute Gasteiger partial charge is 0.871 e. The number of pyridine rings is 1. The summed E-state index contributed by atoms with van der Waals surface area (Å²) >= 11 is 11.8. The van der Waals surface area contributed by atoms with Gasteiger partial charge in [0.1, 0.15) is 13.1 Å². The molecule has 0 saturated heterocycles. The Morgan fingerprint density at radius 3 is 2.86 bits per heavy atom. The first-order valence-electron chi connectivity index (χ1n) is 6.40. The fraction of sp³-hybridized carbons (Fsp3) is 0.143. The first-order chi connectivity index (χ1) is 10.1. The normalized spacial score (nSPS) is 11.1. The molecule has 0 aliphatic carbocycles. The molecule has 2 N–H and O–H groups in total. The molecular formula is C14H12Cl2N4O. The predicted octanol–water partition coefficient (Wildman–Crippen LogP) is 1.37. The number of aromatic nitrogens is 3. The van der Waals surface area contributed by atoms with Gasteiger partial charge >= 0.3 is 0 Å². The van der Waals surface area contributed by atoms with Gasteiger partial charge in [-0.25, -0.2) is 0 Å². The summed E-state index contributed by atoms with van der Waals surface area (Å²) in [4.78, 5) is 0. The van der Waals surface area contributed by atoms with Crippen LogP contribution in [0.3, 0.4) is 0 Å². The molecular weight excluding hydrogens is 311 g/mol. The van der Waals surface area contributed by atoms with E-state index in [1.807, 2.05) is 34.1 Å². The van der Waals surface area contributed by atoms with E-state index in [2.05, 4.69) is 10.2 Å². The van der Waals surface area contributed by atoms with E-state index in [-0.39, 0.29) is 10.8 Å². The molecule has 2 heterocycles. The first kappa shape index (κ1) is 14.1. The topological polar surface area (TPSA) is 69.9 Å². The third-order valence-electron chi connectivity index (χ3n) is 3.16. The maximum Gasteiger partial charge on any atom is 0.192 e. The molecule has 0 radical (unpaired) electrons. The zero-order valence-corrected chi connectivity index (χ0v) is 12.5. The van der Waals surface area contributed by atoms with Crippen molar-refractivity contribution in [2.75, 3.05) is 0 Å². The molecule has 1 aromatic carbocycles. The van der Waals surface area contributed by atoms with Crippen molar-refractivity contribution in [2.24, 2.45) is 0 Å². The summed E-state index contributed by atoms with van der Waals surface area (Å²) in [5, 5.41) is 22.7. The Hall–Kier alpha value is -1.82. The summed E-state index contributed by atoms with van der Waals surface area (Å²) < 4.78 is 1.92. The Kier molecular flexibility index (Phi) is 3.96. The second kappa shape index (κ2) is 5.89. The Labute approximate surface area is 131 Å². The van der Waals surface area contributed by atoms with Gasteiger partial charge < -0.3 is 10.4 Å². The van der Waals surface area contributed by atoms with Crippen LogP contribution in [0.1, 0.15) is 11.4 Å². The second-order valence-corrected chi connectivity index (χ2v) is 5.46. The summed E-state index contributed by atoms with van der Waals surface area (Å²) in [5.74, 6) is 0.648. The molecule has 0 aliphatic rings. The van der Waals surface area contributed by atoms with Crippen molar-refractivity contribution in [1.29, 1.82) is 0 Å². The first-order valence-corrected chi connectivity index (χ1v) is 7.16. The van der Waals surface area contributed by atoms with E-state index in [9.17, 15) is 5.11 Å². The number of nitrogens with zero attached hydrogens (tertiary/aromatic N) is 3. The highest BCUT2D eigenvalue weighted by Gasteiger charge is 2.07. The Bertz CT molecular complexity index is 788. The number of hydrogen-bond donors (Lipinski definition) is 1. The molecule has 0 spiro atoms. The standard InChI is InChI=1S/C14H12Cl2N4O/c15-10-5-9(14(21)11(16)6-10)7-17-8-13-19-18-12-3-1-2-4-20(12)13/h1-6,17,21H,7-8H2. The summed E-state index contributed by atoms with van der Waals surface area (Å²) in [6.07, 6.45) is 1.91. The van der Waals surface area contributed by atoms with Crippen LogP contribution in [0, 0.1) is 0 Å². The molecule has 3 aromatic rings. The SMILES string of the molecule is [O-]c1c(Cl)cc(Cl)cc1C[NH2+]Cc1nnc2ccccn12. The number of hydrogen-bond acceptors (Lipinski definition) is 3. The molecule has 0 amide bonds. The zero-order valence-electron chi connectivity index (χ0n) is 11.0. The maximum atomic E-state index is 11.9. The molecule has 0 atom stereocenters. The van der Waals surface area contributed by atoms with Gasteiger partial charge in [0.25, 0.3) is 0 Å². The maximum absolute atomic E-state index is 11.9. The Morgan fingerprint density at radius 2 is 2.00 bits per heavy atom. The number of quaternary nitrogens is 1. The molecule has 2 aromatic heterocycles. The highest BCUT2D eigenvalue weighted by atomic mass is 35.5. The third kappa shape index (κ3) is 2.95. The molecule has 0 aliphatic heterocycles. The van der Waals surface area contributed by atoms with E-state index in [1.54, 1.807) is 6.07 Å². The average Bonchev–Trinajstić information content (AvgIpc) is 2.87. The van der Waals surface area contributed by atoms with Crippen LogP contribution in [0.5, 0.6) is 5.75 Å². The predicted molar refractivity (Wildman–Crippen MR) is 78.2 cm³/mol. The van der Waals surface area contributed by atoms with Crippen LogP contribution in [-0.4, -0.2) is 14.6 Å². The van der Waals surface area contributed by atoms with Gasteiger partial charge in [0, 0.05) is 21.8 Å². The zero-order chi connectivity index (χ0) is 14.8. The van der Waals surface area contributed by atoms with Gasteiger partial charge in [0.15, 0.2) is 11.5 Å². The van der Waals surface area contributed by atoms with Crippen molar-refractivity contribution in [3.8, 4) is 5.75 Å². The molecule has 3 rings (SSSR count). The summed E-state index contributed by atoms with van der Waals surface area (Å²) in [5.41, 5.74) is 1.39. The monoisotopic (exact) mass is 322 g/mol. The van der Waals surface area contributed by atoms with Gasteiger partial charge in [-0.15, -0.1) is 10.2 Å². The molecule has 108 valence electrons. The molecule has 0 fully saturated rings. The van der Waals surface area contributed by atoms with Crippen molar-refractivity contribution < 1.29 is 10.4 Å². The van der Waals surface area contributed by atoms with Crippen molar-refractivity contribution in [3.63, 3.8) is 0 Å². The van der Waals surface area contributed by atoms with Crippen LogP contribution >= 0.6 is 23.2 Å². The van der Waals surface area contributed by atoms with Crippen LogP contribution in [0.25, 0.3) is 5.65 Å². The van der Waals surface area contributed by atoms with Crippen molar-refractivity contribution in [2.45, 2.75) is 13.1 Å². The summed E-state index contributed by atoms with van der Waals surface area (Å²) in [6, 6.07) is 8.83. The Balaban J connectivity index is 1.72. The van der Waals surface area contributed by atoms with Crippen molar-refractivity contribution in [1.82, 2.24) is 14.6 Å². The third-order valence-corrected chi connectivity index (χ3v) is 3.66. The smallest absolute Gasteiger partial charge is 0.192 e. The van der Waals surface area contributed by atoms with Gasteiger partial charge in [-0.3, -0.25) is 4.40 Å². The number of rotatable bonds is 4. The van der Waals surface area contributed by atoms with Crippen LogP contribution in [-0.2, 0) is 13.1 Å². The number of halogens is 2. The Morgan fingerprint density at radius 1 is 1.14 bits per heavy atom. The minimum absolute atomic E-state index is 0.152. The molecule has 21 heavy (non-hydrogen) atoms. The minimum atomic E-state index is -0.177. The molecule has 0 saturated carbocycles. The number of fused-ring (bicyclic) bond motifs is 1. The highest BCUT2D eigenvalue weighted by Crippen LogP contribution is 2.28. The van der Waals surface area contributed by atoms with Gasteiger partial charge in [-0.2, -0.15) is 0 Å². The van der Waals surface area contributed by atoms with Crippen molar-refractivity contribution >= 4 is 28.8 Å². The lowest BCUT2D eigenvalue weighted by atomic mass is 10.2. The van der Waals surface area contributed by atoms with E-state index >= 15 is 0 Å². The lowest BCUT2D eigenvalue weighted by molar-refractivity contribution is -0.687. The van der Waals surface area contributed by atoms with E-state index in [0.29, 0.717) is 23.7 Å². The number of nitrogens with two attached hydrogens (primary N) is 1. The van der Waals surface area contributed by atoms with E-state index < -0.39 is 0 Å². The number of benzene rings is 1. The lowest BCUT2D eigenvalue weighted by Crippen LogP contribution is -2.81.